The number of benzene rings is 2. The summed E-state index contributed by atoms with van der Waals surface area (Å²) in [6.07, 6.45) is 0.915. The van der Waals surface area contributed by atoms with Crippen molar-refractivity contribution in [2.75, 3.05) is 12.1 Å². The molecule has 156 valence electrons. The third-order valence-electron chi connectivity index (χ3n) is 4.98. The van der Waals surface area contributed by atoms with Crippen LogP contribution in [-0.4, -0.2) is 25.0 Å². The third kappa shape index (κ3) is 4.48. The molecule has 0 aromatic heterocycles. The van der Waals surface area contributed by atoms with E-state index < -0.39 is 12.0 Å². The zero-order valence-corrected chi connectivity index (χ0v) is 18.1. The molecule has 1 aliphatic heterocycles. The van der Waals surface area contributed by atoms with E-state index in [0.29, 0.717) is 28.6 Å². The fourth-order valence-electron chi connectivity index (χ4n) is 3.70. The second-order valence-electron chi connectivity index (χ2n) is 6.93. The number of anilines is 1. The molecule has 0 aliphatic carbocycles. The van der Waals surface area contributed by atoms with E-state index in [1.54, 1.807) is 12.1 Å². The third-order valence-corrected chi connectivity index (χ3v) is 5.51. The van der Waals surface area contributed by atoms with Crippen molar-refractivity contribution in [1.29, 1.82) is 0 Å². The number of methoxy groups -OCH3 is 1. The fourth-order valence-corrected chi connectivity index (χ4v) is 4.31. The Kier molecular flexibility index (Phi) is 6.76. The molecule has 0 unspecified atom stereocenters. The van der Waals surface area contributed by atoms with Gasteiger partial charge in [0, 0.05) is 40.9 Å². The van der Waals surface area contributed by atoms with E-state index in [-0.39, 0.29) is 11.8 Å². The second kappa shape index (κ2) is 9.29. The van der Waals surface area contributed by atoms with Crippen LogP contribution in [0.15, 0.2) is 36.4 Å². The smallest absolute Gasteiger partial charge is 0.330 e. The number of carbonyl (C=O) groups is 2. The monoisotopic (exact) mass is 445 g/mol. The van der Waals surface area contributed by atoms with Gasteiger partial charge < -0.3 is 10.5 Å². The van der Waals surface area contributed by atoms with Crippen LogP contribution < -0.4 is 16.2 Å². The van der Waals surface area contributed by atoms with Crippen molar-refractivity contribution in [2.45, 2.75) is 31.7 Å². The molecule has 2 aromatic rings. The number of hydrogen-bond donors (Lipinski definition) is 2. The molecule has 2 aromatic carbocycles. The van der Waals surface area contributed by atoms with Crippen LogP contribution in [0.5, 0.6) is 0 Å². The highest BCUT2D eigenvalue weighted by atomic mass is 35.5. The summed E-state index contributed by atoms with van der Waals surface area (Å²) in [5.74, 6) is 1.84. The van der Waals surface area contributed by atoms with E-state index in [1.165, 1.54) is 19.0 Å². The molecule has 0 saturated carbocycles. The Hall–Kier alpha value is -2.88. The van der Waals surface area contributed by atoms with Crippen molar-refractivity contribution in [3.63, 3.8) is 0 Å². The quantitative estimate of drug-likeness (QED) is 0.427. The molecule has 1 heterocycles. The molecule has 6 nitrogen and oxygen atoms in total. The number of nitrogens with zero attached hydrogens (tertiary/aromatic N) is 1. The zero-order chi connectivity index (χ0) is 21.8. The summed E-state index contributed by atoms with van der Waals surface area (Å²) in [6, 6.07) is 12.9. The van der Waals surface area contributed by atoms with Crippen LogP contribution in [0.25, 0.3) is 0 Å². The van der Waals surface area contributed by atoms with Gasteiger partial charge in [0.15, 0.2) is 0 Å². The van der Waals surface area contributed by atoms with Crippen molar-refractivity contribution in [3.8, 4) is 12.0 Å². The molecular formula is C22H21Cl2N3O3. The van der Waals surface area contributed by atoms with Gasteiger partial charge in [0.05, 0.1) is 12.8 Å². The number of fused-ring (bicyclic) bond motifs is 1. The molecule has 3 rings (SSSR count). The molecule has 0 spiro atoms. The van der Waals surface area contributed by atoms with Gasteiger partial charge in [-0.1, -0.05) is 53.4 Å². The van der Waals surface area contributed by atoms with Crippen LogP contribution >= 0.6 is 23.2 Å². The number of hydrogen-bond acceptors (Lipinski definition) is 5. The first-order valence-electron chi connectivity index (χ1n) is 9.26. The Bertz CT molecular complexity index is 1030. The van der Waals surface area contributed by atoms with Crippen molar-refractivity contribution < 1.29 is 14.3 Å². The minimum Gasteiger partial charge on any atom is -0.467 e. The van der Waals surface area contributed by atoms with Crippen LogP contribution in [0, 0.1) is 12.0 Å². The number of nitrogens with one attached hydrogen (secondary N) is 1. The number of esters is 1. The lowest BCUT2D eigenvalue weighted by Gasteiger charge is -2.41. The van der Waals surface area contributed by atoms with Gasteiger partial charge in [0.25, 0.3) is 0 Å². The normalized spacial score (nSPS) is 17.4. The molecule has 3 N–H and O–H groups in total. The lowest BCUT2D eigenvalue weighted by Crippen LogP contribution is -2.55. The summed E-state index contributed by atoms with van der Waals surface area (Å²) in [4.78, 5) is 24.4. The molecule has 8 heteroatoms. The van der Waals surface area contributed by atoms with Crippen molar-refractivity contribution in [2.24, 2.45) is 5.73 Å². The Morgan fingerprint density at radius 1 is 1.27 bits per heavy atom. The van der Waals surface area contributed by atoms with Gasteiger partial charge in [-0.25, -0.2) is 4.79 Å². The Labute approximate surface area is 185 Å². The molecule has 0 bridgehead atoms. The summed E-state index contributed by atoms with van der Waals surface area (Å²) in [5.41, 5.74) is 11.3. The highest BCUT2D eigenvalue weighted by Gasteiger charge is 2.40. The summed E-state index contributed by atoms with van der Waals surface area (Å²) in [5, 5.41) is 2.34. The number of ether oxygens (including phenoxy) is 1. The van der Waals surface area contributed by atoms with E-state index in [4.69, 9.17) is 33.7 Å². The highest BCUT2D eigenvalue weighted by Crippen LogP contribution is 2.46. The maximum Gasteiger partial charge on any atom is 0.330 e. The first kappa shape index (κ1) is 21.8. The van der Waals surface area contributed by atoms with E-state index in [1.807, 2.05) is 24.3 Å². The van der Waals surface area contributed by atoms with Gasteiger partial charge in [-0.3, -0.25) is 15.2 Å². The van der Waals surface area contributed by atoms with Gasteiger partial charge in [-0.15, -0.1) is 0 Å². The van der Waals surface area contributed by atoms with E-state index in [2.05, 4.69) is 17.4 Å². The topological polar surface area (TPSA) is 84.7 Å². The van der Waals surface area contributed by atoms with Crippen molar-refractivity contribution >= 4 is 40.8 Å². The Balaban J connectivity index is 2.12. The molecule has 0 fully saturated rings. The van der Waals surface area contributed by atoms with Crippen molar-refractivity contribution in [3.05, 3.63) is 63.1 Å². The second-order valence-corrected chi connectivity index (χ2v) is 7.77. The summed E-state index contributed by atoms with van der Waals surface area (Å²) >= 11 is 12.8. The summed E-state index contributed by atoms with van der Waals surface area (Å²) in [6.45, 7) is 1.37. The Morgan fingerprint density at radius 2 is 1.97 bits per heavy atom. The number of amides is 1. The number of nitrogens with two attached hydrogens (primary N) is 1. The predicted octanol–water partition coefficient (Wildman–Crippen LogP) is 3.39. The average Bonchev–Trinajstić information content (AvgIpc) is 2.72. The van der Waals surface area contributed by atoms with Crippen LogP contribution in [-0.2, 0) is 20.7 Å². The van der Waals surface area contributed by atoms with Crippen LogP contribution in [0.4, 0.5) is 5.69 Å². The number of hydrazine groups is 1. The van der Waals surface area contributed by atoms with Crippen LogP contribution in [0.1, 0.15) is 36.0 Å². The van der Waals surface area contributed by atoms with E-state index >= 15 is 0 Å². The summed E-state index contributed by atoms with van der Waals surface area (Å²) in [7, 11) is 1.32. The zero-order valence-electron chi connectivity index (χ0n) is 16.5. The van der Waals surface area contributed by atoms with Crippen LogP contribution in [0.3, 0.4) is 0 Å². The molecule has 1 amide bonds. The average molecular weight is 446 g/mol. The molecule has 30 heavy (non-hydrogen) atoms. The minimum absolute atomic E-state index is 0.200. The van der Waals surface area contributed by atoms with Gasteiger partial charge in [-0.05, 0) is 29.7 Å². The molecule has 0 radical (unpaired) electrons. The standard InChI is InChI=1S/C22H21Cl2N3O3/c1-13(28)26-27-19-11-16(23)10-18(24)21(19)17(12-20(27)22(29)30-2)15-7-5-14(6-8-15)4-3-9-25/h5-8,10-11,17,20H,4,12,25H2,1-2H3,(H,26,28)/t17-,20-/m0/s1. The molecule has 1 aliphatic rings. The first-order valence-corrected chi connectivity index (χ1v) is 10.0. The van der Waals surface area contributed by atoms with Crippen LogP contribution in [0.2, 0.25) is 10.0 Å². The van der Waals surface area contributed by atoms with E-state index in [0.717, 1.165) is 16.7 Å². The lowest BCUT2D eigenvalue weighted by atomic mass is 9.81. The van der Waals surface area contributed by atoms with Gasteiger partial charge >= 0.3 is 5.97 Å². The SMILES string of the molecule is COC(=O)[C@@H]1C[C@@H](c2ccc(CC#CN)cc2)c2c(Cl)cc(Cl)cc2N1NC(C)=O. The fraction of sp³-hybridized carbons (Fsp3) is 0.273. The molecule has 2 atom stereocenters. The minimum atomic E-state index is -0.742. The number of carbonyl (C=O) groups excluding carboxylic acids is 2. The largest absolute Gasteiger partial charge is 0.467 e. The van der Waals surface area contributed by atoms with Gasteiger partial charge in [0.2, 0.25) is 5.91 Å². The maximum absolute atomic E-state index is 12.6. The van der Waals surface area contributed by atoms with E-state index in [9.17, 15) is 9.59 Å². The Morgan fingerprint density at radius 3 is 2.57 bits per heavy atom. The molecule has 0 saturated heterocycles. The van der Waals surface area contributed by atoms with Crippen molar-refractivity contribution in [1.82, 2.24) is 5.43 Å². The number of halogens is 2. The lowest BCUT2D eigenvalue weighted by molar-refractivity contribution is -0.142. The molecular weight excluding hydrogens is 425 g/mol. The van der Waals surface area contributed by atoms with Gasteiger partial charge in [0.1, 0.15) is 6.04 Å². The maximum atomic E-state index is 12.6. The highest BCUT2D eigenvalue weighted by molar-refractivity contribution is 6.35. The first-order chi connectivity index (χ1) is 14.3. The van der Waals surface area contributed by atoms with Gasteiger partial charge in [-0.2, -0.15) is 0 Å². The summed E-state index contributed by atoms with van der Waals surface area (Å²) < 4.78 is 5.00. The predicted molar refractivity (Wildman–Crippen MR) is 117 cm³/mol. The number of rotatable bonds is 4.